The molecule has 0 spiro atoms. The zero-order chi connectivity index (χ0) is 19.5. The number of carbonyl (C=O) groups is 4. The number of nitrogens with one attached hydrogen (secondary N) is 2. The van der Waals surface area contributed by atoms with Crippen molar-refractivity contribution in [3.05, 3.63) is 34.9 Å². The van der Waals surface area contributed by atoms with E-state index in [4.69, 9.17) is 17.9 Å². The molecule has 0 radical (unpaired) electrons. The highest BCUT2D eigenvalue weighted by Crippen LogP contribution is 2.10. The van der Waals surface area contributed by atoms with Crippen LogP contribution in [0.4, 0.5) is 9.59 Å². The third-order valence-corrected chi connectivity index (χ3v) is 2.89. The average molecular weight is 362 g/mol. The normalized spacial score (nSPS) is 9.50. The third-order valence-electron chi connectivity index (χ3n) is 2.89. The predicted molar refractivity (Wildman–Crippen MR) is 90.1 cm³/mol. The van der Waals surface area contributed by atoms with Gasteiger partial charge in [0.15, 0.2) is 0 Å². The van der Waals surface area contributed by atoms with Crippen LogP contribution in [-0.4, -0.2) is 50.3 Å². The summed E-state index contributed by atoms with van der Waals surface area (Å²) >= 11 is 0. The van der Waals surface area contributed by atoms with E-state index >= 15 is 0 Å². The van der Waals surface area contributed by atoms with E-state index in [1.54, 1.807) is 0 Å². The van der Waals surface area contributed by atoms with Crippen molar-refractivity contribution >= 4 is 24.0 Å². The van der Waals surface area contributed by atoms with E-state index in [0.717, 1.165) is 0 Å². The smallest absolute Gasteiger partial charge is 0.404 e. The van der Waals surface area contributed by atoms with Crippen molar-refractivity contribution in [2.75, 3.05) is 26.3 Å². The fourth-order valence-corrected chi connectivity index (χ4v) is 1.81. The van der Waals surface area contributed by atoms with E-state index < -0.39 is 24.0 Å². The maximum absolute atomic E-state index is 12.1. The molecular weight excluding hydrogens is 344 g/mol. The van der Waals surface area contributed by atoms with Crippen LogP contribution in [0.3, 0.4) is 0 Å². The first-order valence-corrected chi connectivity index (χ1v) is 7.36. The van der Waals surface area contributed by atoms with Gasteiger partial charge in [0.1, 0.15) is 13.2 Å². The quantitative estimate of drug-likeness (QED) is 0.353. The summed E-state index contributed by atoms with van der Waals surface area (Å²) < 4.78 is 8.98. The molecule has 0 aliphatic heterocycles. The second kappa shape index (κ2) is 10.2. The van der Waals surface area contributed by atoms with Crippen LogP contribution in [0.5, 0.6) is 0 Å². The number of rotatable bonds is 8. The molecule has 0 saturated carbocycles. The Balaban J connectivity index is 2.73. The summed E-state index contributed by atoms with van der Waals surface area (Å²) in [6.07, 6.45) is 3.44. The summed E-state index contributed by atoms with van der Waals surface area (Å²) in [4.78, 5) is 45.1. The summed E-state index contributed by atoms with van der Waals surface area (Å²) in [5, 5.41) is 4.99. The molecular formula is C16H18N4O6. The van der Waals surface area contributed by atoms with Crippen LogP contribution in [0.15, 0.2) is 18.2 Å². The van der Waals surface area contributed by atoms with E-state index in [-0.39, 0.29) is 37.4 Å². The number of ether oxygens (including phenoxy) is 2. The van der Waals surface area contributed by atoms with Crippen molar-refractivity contribution < 1.29 is 28.7 Å². The molecule has 0 aromatic heterocycles. The minimum absolute atomic E-state index is 0.0358. The van der Waals surface area contributed by atoms with Crippen molar-refractivity contribution in [3.63, 3.8) is 0 Å². The Labute approximate surface area is 149 Å². The topological polar surface area (TPSA) is 163 Å². The van der Waals surface area contributed by atoms with Gasteiger partial charge in [-0.1, -0.05) is 5.92 Å². The minimum Gasteiger partial charge on any atom is -0.448 e. The number of hydrogen-bond donors (Lipinski definition) is 4. The van der Waals surface area contributed by atoms with E-state index in [0.29, 0.717) is 5.56 Å². The Morgan fingerprint density at radius 2 is 1.31 bits per heavy atom. The van der Waals surface area contributed by atoms with Gasteiger partial charge in [0, 0.05) is 16.7 Å². The lowest BCUT2D eigenvalue weighted by molar-refractivity contribution is 0.0935. The molecule has 0 fully saturated rings. The number of hydrogen-bond acceptors (Lipinski definition) is 6. The Kier molecular flexibility index (Phi) is 7.96. The van der Waals surface area contributed by atoms with Gasteiger partial charge in [0.2, 0.25) is 0 Å². The fraction of sp³-hybridized carbons (Fsp3) is 0.250. The number of nitrogens with two attached hydrogens (primary N) is 2. The number of benzene rings is 1. The second-order valence-electron chi connectivity index (χ2n) is 4.79. The molecule has 4 amide bonds. The number of terminal acetylenes is 1. The van der Waals surface area contributed by atoms with Gasteiger partial charge in [-0.25, -0.2) is 9.59 Å². The van der Waals surface area contributed by atoms with Crippen molar-refractivity contribution in [1.29, 1.82) is 0 Å². The lowest BCUT2D eigenvalue weighted by atomic mass is 10.0. The van der Waals surface area contributed by atoms with Gasteiger partial charge >= 0.3 is 12.2 Å². The van der Waals surface area contributed by atoms with Crippen LogP contribution in [0.1, 0.15) is 26.3 Å². The molecule has 0 bridgehead atoms. The van der Waals surface area contributed by atoms with E-state index in [1.807, 2.05) is 0 Å². The number of primary amides is 2. The molecule has 6 N–H and O–H groups in total. The molecule has 0 saturated heterocycles. The number of amides is 4. The highest BCUT2D eigenvalue weighted by Gasteiger charge is 2.12. The van der Waals surface area contributed by atoms with Crippen molar-refractivity contribution in [3.8, 4) is 12.3 Å². The lowest BCUT2D eigenvalue weighted by Crippen LogP contribution is -2.30. The summed E-state index contributed by atoms with van der Waals surface area (Å²) in [6.45, 7) is -0.117. The van der Waals surface area contributed by atoms with E-state index in [9.17, 15) is 19.2 Å². The van der Waals surface area contributed by atoms with Gasteiger partial charge in [-0.05, 0) is 18.2 Å². The summed E-state index contributed by atoms with van der Waals surface area (Å²) in [7, 11) is 0. The lowest BCUT2D eigenvalue weighted by Gasteiger charge is -2.09. The molecule has 0 heterocycles. The Hall–Kier alpha value is -3.74. The molecule has 26 heavy (non-hydrogen) atoms. The van der Waals surface area contributed by atoms with Crippen LogP contribution >= 0.6 is 0 Å². The van der Waals surface area contributed by atoms with E-state index in [2.05, 4.69) is 26.0 Å². The summed E-state index contributed by atoms with van der Waals surface area (Å²) in [5.41, 5.74) is 10.2. The van der Waals surface area contributed by atoms with Gasteiger partial charge in [0.25, 0.3) is 11.8 Å². The van der Waals surface area contributed by atoms with Gasteiger partial charge in [-0.15, -0.1) is 6.42 Å². The standard InChI is InChI=1S/C16H18N4O6/c1-2-10-7-11(13(21)19-3-5-25-15(17)23)9-12(8-10)14(22)20-4-6-26-16(18)24/h1,7-9H,3-6H2,(H2,17,23)(H2,18,24)(H,19,21)(H,20,22). The monoisotopic (exact) mass is 362 g/mol. The summed E-state index contributed by atoms with van der Waals surface area (Å²) in [5.74, 6) is 1.32. The van der Waals surface area contributed by atoms with Gasteiger partial charge in [0.05, 0.1) is 13.1 Å². The highest BCUT2D eigenvalue weighted by atomic mass is 16.5. The van der Waals surface area contributed by atoms with E-state index in [1.165, 1.54) is 18.2 Å². The summed E-state index contributed by atoms with van der Waals surface area (Å²) in [6, 6.07) is 4.20. The average Bonchev–Trinajstić information content (AvgIpc) is 2.61. The van der Waals surface area contributed by atoms with Gasteiger partial charge in [-0.3, -0.25) is 9.59 Å². The van der Waals surface area contributed by atoms with Gasteiger partial charge < -0.3 is 31.6 Å². The van der Waals surface area contributed by atoms with Crippen LogP contribution in [0.25, 0.3) is 0 Å². The molecule has 10 nitrogen and oxygen atoms in total. The molecule has 0 aliphatic carbocycles. The van der Waals surface area contributed by atoms with Crippen molar-refractivity contribution in [1.82, 2.24) is 10.6 Å². The Bertz CT molecular complexity index is 688. The number of carbonyl (C=O) groups excluding carboxylic acids is 4. The zero-order valence-electron chi connectivity index (χ0n) is 13.7. The largest absolute Gasteiger partial charge is 0.448 e. The first-order valence-electron chi connectivity index (χ1n) is 7.36. The zero-order valence-corrected chi connectivity index (χ0v) is 13.7. The van der Waals surface area contributed by atoms with Crippen LogP contribution < -0.4 is 22.1 Å². The highest BCUT2D eigenvalue weighted by molar-refractivity contribution is 6.00. The molecule has 1 rings (SSSR count). The maximum Gasteiger partial charge on any atom is 0.404 e. The molecule has 0 aliphatic rings. The molecule has 1 aromatic rings. The van der Waals surface area contributed by atoms with Gasteiger partial charge in [-0.2, -0.15) is 0 Å². The third kappa shape index (κ3) is 7.22. The molecule has 10 heteroatoms. The molecule has 1 aromatic carbocycles. The molecule has 0 atom stereocenters. The maximum atomic E-state index is 12.1. The SMILES string of the molecule is C#Cc1cc(C(=O)NCCOC(N)=O)cc(C(=O)NCCOC(N)=O)c1. The Morgan fingerprint density at radius 1 is 0.885 bits per heavy atom. The van der Waals surface area contributed by atoms with Crippen LogP contribution in [-0.2, 0) is 9.47 Å². The predicted octanol–water partition coefficient (Wildman–Crippen LogP) is -0.682. The van der Waals surface area contributed by atoms with Crippen molar-refractivity contribution in [2.45, 2.75) is 0 Å². The fourth-order valence-electron chi connectivity index (χ4n) is 1.81. The first kappa shape index (κ1) is 20.3. The first-order chi connectivity index (χ1) is 12.3. The van der Waals surface area contributed by atoms with Crippen LogP contribution in [0, 0.1) is 12.3 Å². The Morgan fingerprint density at radius 3 is 1.65 bits per heavy atom. The molecule has 0 unspecified atom stereocenters. The van der Waals surface area contributed by atoms with Crippen LogP contribution in [0.2, 0.25) is 0 Å². The molecule has 138 valence electrons. The second-order valence-corrected chi connectivity index (χ2v) is 4.79. The minimum atomic E-state index is -0.951. The van der Waals surface area contributed by atoms with Crippen molar-refractivity contribution in [2.24, 2.45) is 11.5 Å².